The van der Waals surface area contributed by atoms with Gasteiger partial charge in [0.15, 0.2) is 5.58 Å². The molecule has 1 aromatic heterocycles. The molecule has 0 bridgehead atoms. The van der Waals surface area contributed by atoms with Crippen LogP contribution in [0, 0.1) is 0 Å². The monoisotopic (exact) mass is 277 g/mol. The smallest absolute Gasteiger partial charge is 0.295 e. The average Bonchev–Trinajstić information content (AvgIpc) is 3.02. The van der Waals surface area contributed by atoms with Crippen LogP contribution in [0.5, 0.6) is 0 Å². The van der Waals surface area contributed by atoms with Crippen molar-refractivity contribution in [2.24, 2.45) is 0 Å². The highest BCUT2D eigenvalue weighted by atomic mass is 32.2. The number of oxazole rings is 1. The zero-order chi connectivity index (χ0) is 13.3. The molecule has 4 nitrogen and oxygen atoms in total. The summed E-state index contributed by atoms with van der Waals surface area (Å²) in [7, 11) is 0. The molecule has 0 amide bonds. The van der Waals surface area contributed by atoms with E-state index in [9.17, 15) is 0 Å². The predicted molar refractivity (Wildman–Crippen MR) is 81.6 cm³/mol. The Morgan fingerprint density at radius 1 is 1.42 bits per heavy atom. The van der Waals surface area contributed by atoms with E-state index in [1.807, 2.05) is 30.0 Å². The van der Waals surface area contributed by atoms with Gasteiger partial charge in [-0.2, -0.15) is 16.7 Å². The molecular formula is C14H19N3OS. The van der Waals surface area contributed by atoms with E-state index in [4.69, 9.17) is 10.2 Å². The predicted octanol–water partition coefficient (Wildman–Crippen LogP) is 3.50. The van der Waals surface area contributed by atoms with Gasteiger partial charge in [-0.3, -0.25) is 0 Å². The lowest BCUT2D eigenvalue weighted by molar-refractivity contribution is 0.586. The quantitative estimate of drug-likeness (QED) is 0.837. The van der Waals surface area contributed by atoms with Crippen LogP contribution in [0.25, 0.3) is 11.1 Å². The van der Waals surface area contributed by atoms with Crippen LogP contribution in [0.15, 0.2) is 22.6 Å². The topological polar surface area (TPSA) is 64.1 Å². The van der Waals surface area contributed by atoms with E-state index < -0.39 is 0 Å². The van der Waals surface area contributed by atoms with Crippen molar-refractivity contribution in [2.45, 2.75) is 30.4 Å². The van der Waals surface area contributed by atoms with Crippen molar-refractivity contribution in [3.05, 3.63) is 18.2 Å². The molecule has 19 heavy (non-hydrogen) atoms. The zero-order valence-corrected chi connectivity index (χ0v) is 11.9. The summed E-state index contributed by atoms with van der Waals surface area (Å²) in [4.78, 5) is 4.43. The van der Waals surface area contributed by atoms with Crippen molar-refractivity contribution in [1.82, 2.24) is 4.98 Å². The standard InChI is InChI=1S/C14H19N3OS/c1-19-14(6-2-3-7-14)9-16-13-17-11-8-10(15)4-5-12(11)18-13/h4-5,8H,2-3,6-7,9,15H2,1H3,(H,16,17). The molecule has 1 fully saturated rings. The molecule has 1 aliphatic rings. The Morgan fingerprint density at radius 3 is 2.95 bits per heavy atom. The van der Waals surface area contributed by atoms with Gasteiger partial charge in [-0.15, -0.1) is 0 Å². The second-order valence-electron chi connectivity index (χ2n) is 5.19. The lowest BCUT2D eigenvalue weighted by Gasteiger charge is -2.26. The highest BCUT2D eigenvalue weighted by molar-refractivity contribution is 8.00. The van der Waals surface area contributed by atoms with E-state index in [-0.39, 0.29) is 0 Å². The van der Waals surface area contributed by atoms with E-state index >= 15 is 0 Å². The third-order valence-corrected chi connectivity index (χ3v) is 5.34. The third kappa shape index (κ3) is 2.52. The molecule has 0 unspecified atom stereocenters. The van der Waals surface area contributed by atoms with Gasteiger partial charge in [0.25, 0.3) is 6.01 Å². The molecule has 0 spiro atoms. The number of nitrogens with one attached hydrogen (secondary N) is 1. The molecule has 3 rings (SSSR count). The molecule has 5 heteroatoms. The number of nitrogens with zero attached hydrogens (tertiary/aromatic N) is 1. The summed E-state index contributed by atoms with van der Waals surface area (Å²) in [5, 5.41) is 3.35. The molecule has 0 aliphatic heterocycles. The number of hydrogen-bond donors (Lipinski definition) is 2. The Labute approximate surface area is 117 Å². The lowest BCUT2D eigenvalue weighted by atomic mass is 10.1. The van der Waals surface area contributed by atoms with Gasteiger partial charge in [0.2, 0.25) is 0 Å². The van der Waals surface area contributed by atoms with Crippen LogP contribution in [-0.2, 0) is 0 Å². The second kappa shape index (κ2) is 4.96. The first-order chi connectivity index (χ1) is 9.21. The van der Waals surface area contributed by atoms with Gasteiger partial charge in [0.1, 0.15) is 5.52 Å². The molecule has 0 radical (unpaired) electrons. The summed E-state index contributed by atoms with van der Waals surface area (Å²) < 4.78 is 6.03. The Bertz CT molecular complexity index is 575. The second-order valence-corrected chi connectivity index (χ2v) is 6.47. The first kappa shape index (κ1) is 12.7. The summed E-state index contributed by atoms with van der Waals surface area (Å²) >= 11 is 1.96. The molecule has 102 valence electrons. The van der Waals surface area contributed by atoms with Crippen LogP contribution >= 0.6 is 11.8 Å². The minimum absolute atomic E-state index is 0.347. The number of fused-ring (bicyclic) bond motifs is 1. The van der Waals surface area contributed by atoms with Crippen LogP contribution in [0.3, 0.4) is 0 Å². The van der Waals surface area contributed by atoms with Crippen LogP contribution in [0.1, 0.15) is 25.7 Å². The minimum atomic E-state index is 0.347. The lowest BCUT2D eigenvalue weighted by Crippen LogP contribution is -2.30. The van der Waals surface area contributed by atoms with Crippen LogP contribution in [0.2, 0.25) is 0 Å². The summed E-state index contributed by atoms with van der Waals surface area (Å²) in [6.07, 6.45) is 7.39. The molecular weight excluding hydrogens is 258 g/mol. The normalized spacial score (nSPS) is 17.9. The largest absolute Gasteiger partial charge is 0.424 e. The average molecular weight is 277 g/mol. The molecule has 1 saturated carbocycles. The fourth-order valence-corrected chi connectivity index (χ4v) is 3.64. The maximum Gasteiger partial charge on any atom is 0.295 e. The van der Waals surface area contributed by atoms with E-state index in [1.54, 1.807) is 0 Å². The molecule has 0 atom stereocenters. The van der Waals surface area contributed by atoms with Crippen molar-refractivity contribution >= 4 is 34.6 Å². The summed E-state index contributed by atoms with van der Waals surface area (Å²) in [5.74, 6) is 0. The fraction of sp³-hybridized carbons (Fsp3) is 0.500. The number of thioether (sulfide) groups is 1. The molecule has 3 N–H and O–H groups in total. The number of rotatable bonds is 4. The maximum absolute atomic E-state index is 5.74. The van der Waals surface area contributed by atoms with Crippen molar-refractivity contribution < 1.29 is 4.42 Å². The van der Waals surface area contributed by atoms with Crippen LogP contribution in [0.4, 0.5) is 11.7 Å². The molecule has 1 aromatic carbocycles. The minimum Gasteiger partial charge on any atom is -0.424 e. The van der Waals surface area contributed by atoms with Crippen molar-refractivity contribution in [3.63, 3.8) is 0 Å². The van der Waals surface area contributed by atoms with Crippen LogP contribution in [-0.4, -0.2) is 22.5 Å². The van der Waals surface area contributed by atoms with E-state index in [1.165, 1.54) is 25.7 Å². The Balaban J connectivity index is 1.74. The summed E-state index contributed by atoms with van der Waals surface area (Å²) in [5.41, 5.74) is 8.05. The SMILES string of the molecule is CSC1(CNc2nc3cc(N)ccc3o2)CCCC1. The number of nitrogen functional groups attached to an aromatic ring is 1. The number of anilines is 2. The van der Waals surface area contributed by atoms with Gasteiger partial charge in [-0.25, -0.2) is 0 Å². The Kier molecular flexibility index (Phi) is 3.31. The molecule has 0 saturated heterocycles. The van der Waals surface area contributed by atoms with E-state index in [0.29, 0.717) is 16.4 Å². The fourth-order valence-electron chi connectivity index (χ4n) is 2.73. The van der Waals surface area contributed by atoms with E-state index in [0.717, 1.165) is 17.6 Å². The van der Waals surface area contributed by atoms with Crippen molar-refractivity contribution in [3.8, 4) is 0 Å². The number of hydrogen-bond acceptors (Lipinski definition) is 5. The van der Waals surface area contributed by atoms with Crippen molar-refractivity contribution in [1.29, 1.82) is 0 Å². The first-order valence-corrected chi connectivity index (χ1v) is 7.88. The van der Waals surface area contributed by atoms with Gasteiger partial charge in [-0.1, -0.05) is 12.8 Å². The Morgan fingerprint density at radius 2 is 2.21 bits per heavy atom. The zero-order valence-electron chi connectivity index (χ0n) is 11.1. The van der Waals surface area contributed by atoms with E-state index in [2.05, 4.69) is 16.6 Å². The summed E-state index contributed by atoms with van der Waals surface area (Å²) in [6.45, 7) is 0.913. The van der Waals surface area contributed by atoms with Gasteiger partial charge in [-0.05, 0) is 37.3 Å². The maximum atomic E-state index is 5.74. The Hall–Kier alpha value is -1.36. The third-order valence-electron chi connectivity index (χ3n) is 3.92. The van der Waals surface area contributed by atoms with Crippen LogP contribution < -0.4 is 11.1 Å². The van der Waals surface area contributed by atoms with Gasteiger partial charge < -0.3 is 15.5 Å². The van der Waals surface area contributed by atoms with Crippen molar-refractivity contribution in [2.75, 3.05) is 23.9 Å². The summed E-state index contributed by atoms with van der Waals surface area (Å²) in [6, 6.07) is 6.13. The molecule has 2 aromatic rings. The highest BCUT2D eigenvalue weighted by Gasteiger charge is 2.33. The number of aromatic nitrogens is 1. The molecule has 1 aliphatic carbocycles. The van der Waals surface area contributed by atoms with Gasteiger partial charge in [0.05, 0.1) is 0 Å². The van der Waals surface area contributed by atoms with Gasteiger partial charge in [0, 0.05) is 17.0 Å². The molecule has 1 heterocycles. The highest BCUT2D eigenvalue weighted by Crippen LogP contribution is 2.40. The number of benzene rings is 1. The van der Waals surface area contributed by atoms with Gasteiger partial charge >= 0.3 is 0 Å². The first-order valence-electron chi connectivity index (χ1n) is 6.66. The number of nitrogens with two attached hydrogens (primary N) is 1.